The molecular formula is C40H16BCl2F24IS2. The molecule has 4 aromatic carbocycles. The van der Waals surface area contributed by atoms with Crippen LogP contribution in [-0.2, 0) is 49.4 Å². The van der Waals surface area contributed by atoms with Crippen molar-refractivity contribution in [1.29, 1.82) is 0 Å². The third-order valence-corrected chi connectivity index (χ3v) is 15.9. The molecule has 2 aromatic heterocycles. The van der Waals surface area contributed by atoms with Crippen molar-refractivity contribution in [3.63, 3.8) is 0 Å². The Hall–Kier alpha value is -4.03. The lowest BCUT2D eigenvalue weighted by Crippen LogP contribution is -3.61. The number of hydrogen-bond donors (Lipinski definition) is 0. The summed E-state index contributed by atoms with van der Waals surface area (Å²) in [4.78, 5) is 0. The lowest BCUT2D eigenvalue weighted by molar-refractivity contribution is -0.585. The Bertz CT molecular complexity index is 2370. The normalized spacial score (nSPS) is 13.6. The van der Waals surface area contributed by atoms with Gasteiger partial charge in [-0.05, 0) is 36.4 Å². The van der Waals surface area contributed by atoms with Gasteiger partial charge in [0.1, 0.15) is 6.15 Å². The molecule has 0 nitrogen and oxygen atoms in total. The van der Waals surface area contributed by atoms with Crippen LogP contribution in [0.5, 0.6) is 0 Å². The monoisotopic (exact) mass is 1220 g/mol. The summed E-state index contributed by atoms with van der Waals surface area (Å²) in [5.41, 5.74) is -30.2. The van der Waals surface area contributed by atoms with Crippen LogP contribution in [0, 0.1) is 5.77 Å². The third kappa shape index (κ3) is 13.3. The largest absolute Gasteiger partial charge is 0.416 e. The quantitative estimate of drug-likeness (QED) is 0.0886. The highest BCUT2D eigenvalue weighted by Gasteiger charge is 2.47. The second-order valence-electron chi connectivity index (χ2n) is 14.4. The van der Waals surface area contributed by atoms with E-state index in [1.807, 2.05) is 12.1 Å². The number of rotatable bonds is 6. The van der Waals surface area contributed by atoms with Gasteiger partial charge >= 0.3 is 70.6 Å². The van der Waals surface area contributed by atoms with Crippen LogP contribution in [0.15, 0.2) is 97.1 Å². The number of thiophene rings is 2. The molecule has 0 unspecified atom stereocenters. The smallest absolute Gasteiger partial charge is 0.194 e. The fraction of sp³-hybridized carbons (Fsp3) is 0.200. The van der Waals surface area contributed by atoms with Crippen LogP contribution in [0.3, 0.4) is 0 Å². The van der Waals surface area contributed by atoms with E-state index < -0.39 is 195 Å². The standard InChI is InChI=1S/C32H12BF24.C8H4Cl2IS2/c34-25(35,36)13-1-14(26(37,38)39)6-21(5-13)33(22-7-15(27(40,41)42)2-16(8-22)28(43,44)45,23-9-17(29(46,47)48)3-18(10-23)30(49,50)51)24-11-19(31(52,53)54)4-20(12-24)32(55,56)57;9-5-1-3-7(12-5)11-8-4-2-6(10)13-8/h1-12H;1-4H/q-1;+1. The first-order chi connectivity index (χ1) is 31.5. The van der Waals surface area contributed by atoms with Gasteiger partial charge in [0.15, 0.2) is 0 Å². The summed E-state index contributed by atoms with van der Waals surface area (Å²) in [5, 5.41) is 0. The minimum Gasteiger partial charge on any atom is -0.194 e. The lowest BCUT2D eigenvalue weighted by Gasteiger charge is -2.46. The number of hydrogen-bond acceptors (Lipinski definition) is 2. The first-order valence-electron chi connectivity index (χ1n) is 18.0. The Balaban J connectivity index is 0.000000600. The molecule has 0 amide bonds. The van der Waals surface area contributed by atoms with Crippen molar-refractivity contribution in [3.05, 3.63) is 156 Å². The molecule has 0 saturated heterocycles. The molecule has 6 rings (SSSR count). The van der Waals surface area contributed by atoms with Crippen molar-refractivity contribution < 1.29 is 127 Å². The van der Waals surface area contributed by atoms with Gasteiger partial charge < -0.3 is 0 Å². The predicted molar refractivity (Wildman–Crippen MR) is 206 cm³/mol. The Morgan fingerprint density at radius 2 is 0.457 bits per heavy atom. The first-order valence-corrected chi connectivity index (χ1v) is 22.6. The highest BCUT2D eigenvalue weighted by atomic mass is 127. The van der Waals surface area contributed by atoms with E-state index in [2.05, 4.69) is 12.1 Å². The molecule has 0 atom stereocenters. The summed E-state index contributed by atoms with van der Waals surface area (Å²) >= 11 is 15.0. The zero-order chi connectivity index (χ0) is 53.2. The van der Waals surface area contributed by atoms with E-state index in [9.17, 15) is 105 Å². The minimum absolute atomic E-state index is 0.0615. The van der Waals surface area contributed by atoms with Gasteiger partial charge in [0, 0.05) is 12.1 Å². The highest BCUT2D eigenvalue weighted by molar-refractivity contribution is 7.20. The molecule has 0 radical (unpaired) electrons. The lowest BCUT2D eigenvalue weighted by atomic mass is 9.12. The van der Waals surface area contributed by atoms with E-state index >= 15 is 0 Å². The molecule has 2 heterocycles. The van der Waals surface area contributed by atoms with Crippen LogP contribution >= 0.6 is 45.9 Å². The average Bonchev–Trinajstić information content (AvgIpc) is 3.81. The fourth-order valence-electron chi connectivity index (χ4n) is 6.85. The van der Waals surface area contributed by atoms with E-state index in [1.54, 1.807) is 22.7 Å². The maximum atomic E-state index is 14.2. The summed E-state index contributed by atoms with van der Waals surface area (Å²) in [6.07, 6.45) is -54.8. The van der Waals surface area contributed by atoms with Gasteiger partial charge in [-0.25, -0.2) is 0 Å². The van der Waals surface area contributed by atoms with Gasteiger partial charge in [0.25, 0.3) is 0 Å². The summed E-state index contributed by atoms with van der Waals surface area (Å²) < 4.78 is 345. The van der Waals surface area contributed by atoms with Crippen molar-refractivity contribution in [2.24, 2.45) is 0 Å². The van der Waals surface area contributed by atoms with Crippen LogP contribution in [-0.4, -0.2) is 6.15 Å². The van der Waals surface area contributed by atoms with Gasteiger partial charge in [-0.3, -0.25) is 0 Å². The number of alkyl halides is 24. The van der Waals surface area contributed by atoms with Crippen molar-refractivity contribution >= 4 is 73.9 Å². The first kappa shape index (κ1) is 56.9. The minimum atomic E-state index is -6.13. The molecule has 0 aliphatic heterocycles. The zero-order valence-electron chi connectivity index (χ0n) is 32.8. The van der Waals surface area contributed by atoms with Crippen molar-refractivity contribution in [2.45, 2.75) is 49.4 Å². The average molecular weight is 1230 g/mol. The topological polar surface area (TPSA) is 0 Å². The van der Waals surface area contributed by atoms with Crippen LogP contribution in [0.1, 0.15) is 44.5 Å². The highest BCUT2D eigenvalue weighted by Crippen LogP contribution is 2.41. The van der Waals surface area contributed by atoms with E-state index in [0.717, 1.165) is 8.67 Å². The maximum absolute atomic E-state index is 14.2. The number of benzene rings is 4. The summed E-state index contributed by atoms with van der Waals surface area (Å²) in [6.45, 7) is 0. The van der Waals surface area contributed by atoms with Crippen molar-refractivity contribution in [1.82, 2.24) is 0 Å². The second-order valence-corrected chi connectivity index (χ2v) is 22.2. The molecule has 380 valence electrons. The molecule has 6 aromatic rings. The Morgan fingerprint density at radius 3 is 0.586 bits per heavy atom. The molecule has 0 N–H and O–H groups in total. The van der Waals surface area contributed by atoms with Gasteiger partial charge in [-0.2, -0.15) is 127 Å². The second kappa shape index (κ2) is 19.4. The summed E-state index contributed by atoms with van der Waals surface area (Å²) in [6, 6.07) is -0.690. The van der Waals surface area contributed by atoms with Crippen LogP contribution in [0.25, 0.3) is 0 Å². The molecule has 0 spiro atoms. The van der Waals surface area contributed by atoms with Crippen molar-refractivity contribution in [2.75, 3.05) is 0 Å². The molecule has 0 aliphatic carbocycles. The van der Waals surface area contributed by atoms with E-state index in [-0.39, 0.29) is 21.2 Å². The van der Waals surface area contributed by atoms with E-state index in [0.29, 0.717) is 0 Å². The number of halogens is 27. The van der Waals surface area contributed by atoms with Gasteiger partial charge in [-0.1, -0.05) is 94.4 Å². The van der Waals surface area contributed by atoms with Crippen LogP contribution in [0.4, 0.5) is 105 Å². The van der Waals surface area contributed by atoms with Gasteiger partial charge in [0.2, 0.25) is 5.77 Å². The zero-order valence-corrected chi connectivity index (χ0v) is 38.1. The third-order valence-electron chi connectivity index (χ3n) is 9.71. The van der Waals surface area contributed by atoms with E-state index in [1.165, 1.54) is 5.77 Å². The Kier molecular flexibility index (Phi) is 15.8. The maximum Gasteiger partial charge on any atom is 0.416 e. The predicted octanol–water partition coefficient (Wildman–Crippen LogP) is 12.5. The Labute approximate surface area is 404 Å². The van der Waals surface area contributed by atoms with Crippen LogP contribution in [0.2, 0.25) is 8.67 Å². The molecule has 70 heavy (non-hydrogen) atoms. The Morgan fingerprint density at radius 1 is 0.286 bits per heavy atom. The van der Waals surface area contributed by atoms with Gasteiger partial charge in [-0.15, -0.1) is 0 Å². The van der Waals surface area contributed by atoms with E-state index in [4.69, 9.17) is 23.2 Å². The molecular weight excluding hydrogens is 1210 g/mol. The molecule has 30 heteroatoms. The summed E-state index contributed by atoms with van der Waals surface area (Å²) in [7, 11) is 0. The fourth-order valence-corrected chi connectivity index (χ4v) is 14.0. The van der Waals surface area contributed by atoms with Crippen molar-refractivity contribution in [3.8, 4) is 0 Å². The molecule has 0 aliphatic rings. The summed E-state index contributed by atoms with van der Waals surface area (Å²) in [5.74, 6) is 0. The van der Waals surface area contributed by atoms with Gasteiger partial charge in [0.05, 0.1) is 53.2 Å². The molecule has 0 bridgehead atoms. The SMILES string of the molecule is Clc1ccc([I+]c2ccc(Cl)s2)s1.FC(F)(F)c1cc([B-](c2cc(C(F)(F)F)cc(C(F)(F)F)c2)(c2cc(C(F)(F)F)cc(C(F)(F)F)c2)c2cc(C(F)(F)F)cc(C(F)(F)F)c2)cc(C(F)(F)F)c1. The molecule has 0 fully saturated rings. The molecule has 0 saturated carbocycles. The van der Waals surface area contributed by atoms with Crippen LogP contribution < -0.4 is 43.1 Å².